The van der Waals surface area contributed by atoms with Crippen LogP contribution < -0.4 is 0 Å². The molecule has 20 heavy (non-hydrogen) atoms. The molecule has 1 aliphatic rings. The third-order valence-corrected chi connectivity index (χ3v) is 4.32. The molecular formula is C15H24N2O3. The lowest BCUT2D eigenvalue weighted by Gasteiger charge is -2.36. The summed E-state index contributed by atoms with van der Waals surface area (Å²) < 4.78 is 9.72. The quantitative estimate of drug-likeness (QED) is 0.796. The summed E-state index contributed by atoms with van der Waals surface area (Å²) in [6, 6.07) is 0. The average molecular weight is 280 g/mol. The van der Waals surface area contributed by atoms with Gasteiger partial charge in [-0.15, -0.1) is 0 Å². The highest BCUT2D eigenvalue weighted by atomic mass is 16.5. The minimum atomic E-state index is -0.350. The Morgan fingerprint density at radius 2 is 1.95 bits per heavy atom. The second kappa shape index (κ2) is 5.94. The van der Waals surface area contributed by atoms with Crippen LogP contribution in [0.15, 0.2) is 4.52 Å². The van der Waals surface area contributed by atoms with Crippen molar-refractivity contribution in [3.8, 4) is 0 Å². The van der Waals surface area contributed by atoms with Crippen LogP contribution in [0.2, 0.25) is 0 Å². The molecule has 2 rings (SSSR count). The van der Waals surface area contributed by atoms with E-state index in [-0.39, 0.29) is 12.4 Å². The van der Waals surface area contributed by atoms with Crippen LogP contribution in [0.1, 0.15) is 64.1 Å². The van der Waals surface area contributed by atoms with Crippen LogP contribution in [0, 0.1) is 11.3 Å². The van der Waals surface area contributed by atoms with Crippen molar-refractivity contribution in [2.24, 2.45) is 11.3 Å². The second-order valence-corrected chi connectivity index (χ2v) is 6.71. The molecule has 1 aromatic heterocycles. The Morgan fingerprint density at radius 1 is 1.30 bits per heavy atom. The summed E-state index contributed by atoms with van der Waals surface area (Å²) in [6.07, 6.45) is 4.66. The van der Waals surface area contributed by atoms with Crippen molar-refractivity contribution in [2.75, 3.05) is 7.11 Å². The zero-order valence-corrected chi connectivity index (χ0v) is 12.8. The maximum atomic E-state index is 11.2. The van der Waals surface area contributed by atoms with Crippen molar-refractivity contribution in [1.29, 1.82) is 0 Å². The van der Waals surface area contributed by atoms with Crippen molar-refractivity contribution < 1.29 is 14.1 Å². The van der Waals surface area contributed by atoms with Crippen LogP contribution in [0.25, 0.3) is 0 Å². The fraction of sp³-hybridized carbons (Fsp3) is 0.800. The summed E-state index contributed by atoms with van der Waals surface area (Å²) in [5.74, 6) is 1.88. The van der Waals surface area contributed by atoms with Gasteiger partial charge in [0, 0.05) is 5.92 Å². The monoisotopic (exact) mass is 280 g/mol. The minimum Gasteiger partial charge on any atom is -0.469 e. The molecule has 0 amide bonds. The van der Waals surface area contributed by atoms with Gasteiger partial charge >= 0.3 is 5.97 Å². The third-order valence-electron chi connectivity index (χ3n) is 4.32. The predicted molar refractivity (Wildman–Crippen MR) is 74.2 cm³/mol. The maximum Gasteiger partial charge on any atom is 0.315 e. The predicted octanol–water partition coefficient (Wildman–Crippen LogP) is 3.11. The normalized spacial score (nSPS) is 23.6. The second-order valence-electron chi connectivity index (χ2n) is 6.71. The van der Waals surface area contributed by atoms with Gasteiger partial charge in [0.2, 0.25) is 5.89 Å². The van der Waals surface area contributed by atoms with E-state index in [1.54, 1.807) is 0 Å². The topological polar surface area (TPSA) is 65.2 Å². The Morgan fingerprint density at radius 3 is 2.50 bits per heavy atom. The maximum absolute atomic E-state index is 11.2. The number of hydrogen-bond donors (Lipinski definition) is 0. The Labute approximate surface area is 120 Å². The molecule has 5 heteroatoms. The van der Waals surface area contributed by atoms with E-state index in [2.05, 4.69) is 35.6 Å². The molecule has 5 nitrogen and oxygen atoms in total. The number of rotatable bonds is 3. The molecule has 0 saturated heterocycles. The first-order chi connectivity index (χ1) is 9.40. The van der Waals surface area contributed by atoms with Gasteiger partial charge in [-0.25, -0.2) is 0 Å². The van der Waals surface area contributed by atoms with Gasteiger partial charge in [-0.1, -0.05) is 25.9 Å². The van der Waals surface area contributed by atoms with Crippen molar-refractivity contribution >= 4 is 5.97 Å². The first-order valence-electron chi connectivity index (χ1n) is 7.29. The number of esters is 1. The molecule has 0 bridgehead atoms. The van der Waals surface area contributed by atoms with E-state index in [0.717, 1.165) is 24.6 Å². The standard InChI is InChI=1S/C15H24N2O3/c1-15(2,3)11-7-5-10(6-8-11)14-16-12(20-17-14)9-13(18)19-4/h10-11H,5-9H2,1-4H3. The van der Waals surface area contributed by atoms with Crippen LogP contribution in [-0.4, -0.2) is 23.2 Å². The SMILES string of the molecule is COC(=O)Cc1nc(C2CCC(C(C)(C)C)CC2)no1. The Bertz CT molecular complexity index is 454. The number of ether oxygens (including phenoxy) is 1. The van der Waals surface area contributed by atoms with Crippen molar-refractivity contribution in [1.82, 2.24) is 10.1 Å². The molecule has 0 radical (unpaired) electrons. The smallest absolute Gasteiger partial charge is 0.315 e. The molecular weight excluding hydrogens is 256 g/mol. The van der Waals surface area contributed by atoms with E-state index in [4.69, 9.17) is 4.52 Å². The third kappa shape index (κ3) is 3.58. The molecule has 0 spiro atoms. The molecule has 0 aromatic carbocycles. The summed E-state index contributed by atoms with van der Waals surface area (Å²) in [5.41, 5.74) is 0.373. The van der Waals surface area contributed by atoms with E-state index in [9.17, 15) is 4.79 Å². The van der Waals surface area contributed by atoms with Crippen molar-refractivity contribution in [3.63, 3.8) is 0 Å². The highest BCUT2D eigenvalue weighted by Gasteiger charge is 2.32. The number of nitrogens with zero attached hydrogens (tertiary/aromatic N) is 2. The van der Waals surface area contributed by atoms with Crippen LogP contribution >= 0.6 is 0 Å². The van der Waals surface area contributed by atoms with Crippen LogP contribution in [0.5, 0.6) is 0 Å². The molecule has 1 aliphatic carbocycles. The highest BCUT2D eigenvalue weighted by Crippen LogP contribution is 2.42. The summed E-state index contributed by atoms with van der Waals surface area (Å²) in [6.45, 7) is 6.92. The van der Waals surface area contributed by atoms with Gasteiger partial charge in [-0.05, 0) is 37.0 Å². The van der Waals surface area contributed by atoms with Crippen molar-refractivity contribution in [2.45, 2.75) is 58.8 Å². The molecule has 1 saturated carbocycles. The zero-order valence-electron chi connectivity index (χ0n) is 12.8. The summed E-state index contributed by atoms with van der Waals surface area (Å²) >= 11 is 0. The average Bonchev–Trinajstić information content (AvgIpc) is 2.86. The van der Waals surface area contributed by atoms with Crippen LogP contribution in [0.4, 0.5) is 0 Å². The molecule has 1 fully saturated rings. The van der Waals surface area contributed by atoms with E-state index in [1.807, 2.05) is 0 Å². The molecule has 112 valence electrons. The molecule has 1 aromatic rings. The summed E-state index contributed by atoms with van der Waals surface area (Å²) in [4.78, 5) is 15.5. The van der Waals surface area contributed by atoms with Gasteiger partial charge in [-0.3, -0.25) is 4.79 Å². The Hall–Kier alpha value is -1.39. The first kappa shape index (κ1) is 15.0. The Kier molecular flexibility index (Phi) is 4.45. The fourth-order valence-corrected chi connectivity index (χ4v) is 2.92. The largest absolute Gasteiger partial charge is 0.469 e. The van der Waals surface area contributed by atoms with Gasteiger partial charge in [0.1, 0.15) is 6.42 Å². The van der Waals surface area contributed by atoms with E-state index >= 15 is 0 Å². The number of hydrogen-bond acceptors (Lipinski definition) is 5. The first-order valence-corrected chi connectivity index (χ1v) is 7.29. The van der Waals surface area contributed by atoms with Crippen LogP contribution in [-0.2, 0) is 16.0 Å². The lowest BCUT2D eigenvalue weighted by Crippen LogP contribution is -2.25. The molecule has 0 unspecified atom stereocenters. The van der Waals surface area contributed by atoms with Gasteiger partial charge < -0.3 is 9.26 Å². The van der Waals surface area contributed by atoms with Gasteiger partial charge in [0.15, 0.2) is 5.82 Å². The van der Waals surface area contributed by atoms with Crippen molar-refractivity contribution in [3.05, 3.63) is 11.7 Å². The highest BCUT2D eigenvalue weighted by molar-refractivity contribution is 5.71. The van der Waals surface area contributed by atoms with E-state index < -0.39 is 0 Å². The van der Waals surface area contributed by atoms with E-state index in [1.165, 1.54) is 20.0 Å². The number of aromatic nitrogens is 2. The van der Waals surface area contributed by atoms with Gasteiger partial charge in [-0.2, -0.15) is 4.98 Å². The van der Waals surface area contributed by atoms with E-state index in [0.29, 0.717) is 17.2 Å². The molecule has 0 aliphatic heterocycles. The minimum absolute atomic E-state index is 0.0564. The number of carbonyl (C=O) groups is 1. The number of methoxy groups -OCH3 is 1. The zero-order chi connectivity index (χ0) is 14.8. The van der Waals surface area contributed by atoms with Crippen LogP contribution in [0.3, 0.4) is 0 Å². The molecule has 1 heterocycles. The summed E-state index contributed by atoms with van der Waals surface area (Å²) in [5, 5.41) is 4.02. The molecule has 0 N–H and O–H groups in total. The number of carbonyl (C=O) groups excluding carboxylic acids is 1. The molecule has 0 atom stereocenters. The lowest BCUT2D eigenvalue weighted by atomic mass is 9.70. The van der Waals surface area contributed by atoms with Gasteiger partial charge in [0.05, 0.1) is 7.11 Å². The summed E-state index contributed by atoms with van der Waals surface area (Å²) in [7, 11) is 1.35. The Balaban J connectivity index is 1.92. The fourth-order valence-electron chi connectivity index (χ4n) is 2.92. The van der Waals surface area contributed by atoms with Gasteiger partial charge in [0.25, 0.3) is 0 Å². The lowest BCUT2D eigenvalue weighted by molar-refractivity contribution is -0.140.